The molecule has 6 nitrogen and oxygen atoms in total. The zero-order chi connectivity index (χ0) is 58.5. The zero-order valence-corrected chi connectivity index (χ0v) is 55.0. The standard InChI is InChI=1S/C75H145NO5/c1-3-5-7-9-11-13-15-17-19-21-22-23-24-25-26-29-32-36-39-43-47-51-55-59-63-67-73(78)72(71-77)76-74(79)68-64-60-56-52-48-44-40-37-33-30-27-28-31-34-38-42-46-50-54-58-62-66-70-81-75(80)69-65-61-57-53-49-45-41-35-20-18-16-14-12-10-8-6-4-2/h18,20,63,67,72-73,77-78H,3-17,19,21-62,64-66,68-71H2,1-2H3,(H,76,79)/b20-18-,67-63+. The van der Waals surface area contributed by atoms with Gasteiger partial charge in [-0.3, -0.25) is 9.59 Å². The molecule has 3 N–H and O–H groups in total. The summed E-state index contributed by atoms with van der Waals surface area (Å²) in [6, 6.07) is -0.630. The number of rotatable bonds is 70. The number of aliphatic hydroxyl groups is 2. The minimum atomic E-state index is -0.846. The minimum Gasteiger partial charge on any atom is -0.466 e. The Bertz CT molecular complexity index is 1270. The Balaban J connectivity index is 3.40. The Morgan fingerprint density at radius 2 is 0.580 bits per heavy atom. The van der Waals surface area contributed by atoms with Gasteiger partial charge in [-0.2, -0.15) is 0 Å². The van der Waals surface area contributed by atoms with E-state index in [1.54, 1.807) is 6.08 Å². The lowest BCUT2D eigenvalue weighted by atomic mass is 10.0. The second kappa shape index (κ2) is 70.8. The van der Waals surface area contributed by atoms with Crippen molar-refractivity contribution < 1.29 is 24.5 Å². The normalized spacial score (nSPS) is 12.6. The number of hydrogen-bond acceptors (Lipinski definition) is 5. The highest BCUT2D eigenvalue weighted by Crippen LogP contribution is 2.19. The summed E-state index contributed by atoms with van der Waals surface area (Å²) < 4.78 is 5.50. The number of hydrogen-bond donors (Lipinski definition) is 3. The maximum absolute atomic E-state index is 12.5. The molecular formula is C75H145NO5. The second-order valence-corrected chi connectivity index (χ2v) is 25.6. The van der Waals surface area contributed by atoms with Crippen molar-refractivity contribution in [2.75, 3.05) is 13.2 Å². The van der Waals surface area contributed by atoms with Crippen LogP contribution in [0.4, 0.5) is 0 Å². The zero-order valence-electron chi connectivity index (χ0n) is 55.0. The van der Waals surface area contributed by atoms with Gasteiger partial charge in [0, 0.05) is 12.8 Å². The highest BCUT2D eigenvalue weighted by atomic mass is 16.5. The summed E-state index contributed by atoms with van der Waals surface area (Å²) in [6.07, 6.45) is 89.8. The topological polar surface area (TPSA) is 95.9 Å². The van der Waals surface area contributed by atoms with Crippen LogP contribution in [-0.2, 0) is 14.3 Å². The molecule has 0 aliphatic heterocycles. The second-order valence-electron chi connectivity index (χ2n) is 25.6. The molecule has 1 amide bonds. The molecule has 2 atom stereocenters. The van der Waals surface area contributed by atoms with Crippen LogP contribution in [0.5, 0.6) is 0 Å². The average Bonchev–Trinajstić information content (AvgIpc) is 3.47. The third kappa shape index (κ3) is 67.3. The number of amides is 1. The molecule has 0 aromatic heterocycles. The van der Waals surface area contributed by atoms with Crippen LogP contribution in [-0.4, -0.2) is 47.4 Å². The Morgan fingerprint density at radius 3 is 0.877 bits per heavy atom. The molecule has 0 spiro atoms. The highest BCUT2D eigenvalue weighted by Gasteiger charge is 2.18. The maximum atomic E-state index is 12.5. The largest absolute Gasteiger partial charge is 0.466 e. The third-order valence-corrected chi connectivity index (χ3v) is 17.5. The van der Waals surface area contributed by atoms with Gasteiger partial charge in [0.2, 0.25) is 5.91 Å². The van der Waals surface area contributed by atoms with Crippen molar-refractivity contribution in [3.05, 3.63) is 24.3 Å². The number of ether oxygens (including phenoxy) is 1. The van der Waals surface area contributed by atoms with Crippen molar-refractivity contribution in [2.45, 2.75) is 431 Å². The van der Waals surface area contributed by atoms with Gasteiger partial charge in [0.1, 0.15) is 0 Å². The lowest BCUT2D eigenvalue weighted by molar-refractivity contribution is -0.143. The van der Waals surface area contributed by atoms with E-state index in [0.29, 0.717) is 19.4 Å². The molecule has 0 heterocycles. The summed E-state index contributed by atoms with van der Waals surface area (Å²) in [6.45, 7) is 4.94. The summed E-state index contributed by atoms with van der Waals surface area (Å²) in [7, 11) is 0. The lowest BCUT2D eigenvalue weighted by Gasteiger charge is -2.20. The van der Waals surface area contributed by atoms with Gasteiger partial charge in [0.15, 0.2) is 0 Å². The van der Waals surface area contributed by atoms with Crippen LogP contribution in [0.25, 0.3) is 0 Å². The summed E-state index contributed by atoms with van der Waals surface area (Å²) in [4.78, 5) is 24.6. The van der Waals surface area contributed by atoms with E-state index >= 15 is 0 Å². The predicted molar refractivity (Wildman–Crippen MR) is 356 cm³/mol. The van der Waals surface area contributed by atoms with Crippen LogP contribution >= 0.6 is 0 Å². The van der Waals surface area contributed by atoms with Crippen LogP contribution in [0, 0.1) is 0 Å². The van der Waals surface area contributed by atoms with E-state index in [0.717, 1.165) is 44.9 Å². The molecule has 0 aromatic carbocycles. The fraction of sp³-hybridized carbons (Fsp3) is 0.920. The van der Waals surface area contributed by atoms with E-state index < -0.39 is 12.1 Å². The van der Waals surface area contributed by atoms with Gasteiger partial charge >= 0.3 is 5.97 Å². The Morgan fingerprint density at radius 1 is 0.333 bits per heavy atom. The quantitative estimate of drug-likeness (QED) is 0.0320. The summed E-state index contributed by atoms with van der Waals surface area (Å²) in [5, 5.41) is 23.3. The molecule has 0 aliphatic rings. The maximum Gasteiger partial charge on any atom is 0.305 e. The molecule has 6 heteroatoms. The van der Waals surface area contributed by atoms with Gasteiger partial charge < -0.3 is 20.3 Å². The molecule has 0 fully saturated rings. The Labute approximate surface area is 507 Å². The van der Waals surface area contributed by atoms with Gasteiger partial charge in [0.25, 0.3) is 0 Å². The summed E-state index contributed by atoms with van der Waals surface area (Å²) in [5.74, 6) is -0.0527. The molecule has 0 aromatic rings. The number of nitrogens with one attached hydrogen (secondary N) is 1. The van der Waals surface area contributed by atoms with Crippen molar-refractivity contribution in [2.24, 2.45) is 0 Å². The Hall–Kier alpha value is -1.66. The van der Waals surface area contributed by atoms with E-state index in [9.17, 15) is 19.8 Å². The van der Waals surface area contributed by atoms with Gasteiger partial charge in [-0.25, -0.2) is 0 Å². The molecule has 0 saturated carbocycles. The number of aliphatic hydroxyl groups excluding tert-OH is 2. The van der Waals surface area contributed by atoms with Crippen LogP contribution < -0.4 is 5.32 Å². The first-order valence-electron chi connectivity index (χ1n) is 37.1. The van der Waals surface area contributed by atoms with E-state index in [1.807, 2.05) is 6.08 Å². The van der Waals surface area contributed by atoms with E-state index in [2.05, 4.69) is 31.3 Å². The number of carbonyl (C=O) groups excluding carboxylic acids is 2. The van der Waals surface area contributed by atoms with Crippen molar-refractivity contribution in [3.63, 3.8) is 0 Å². The highest BCUT2D eigenvalue weighted by molar-refractivity contribution is 5.76. The van der Waals surface area contributed by atoms with E-state index in [1.165, 1.54) is 347 Å². The third-order valence-electron chi connectivity index (χ3n) is 17.5. The first-order chi connectivity index (χ1) is 40.0. The number of allylic oxidation sites excluding steroid dienone is 3. The molecular weight excluding hydrogens is 995 g/mol. The van der Waals surface area contributed by atoms with Crippen LogP contribution in [0.2, 0.25) is 0 Å². The fourth-order valence-corrected chi connectivity index (χ4v) is 11.8. The van der Waals surface area contributed by atoms with E-state index in [4.69, 9.17) is 4.74 Å². The average molecular weight is 1140 g/mol. The monoisotopic (exact) mass is 1140 g/mol. The van der Waals surface area contributed by atoms with Crippen molar-refractivity contribution >= 4 is 11.9 Å². The van der Waals surface area contributed by atoms with Crippen LogP contribution in [0.3, 0.4) is 0 Å². The van der Waals surface area contributed by atoms with Crippen LogP contribution in [0.1, 0.15) is 418 Å². The van der Waals surface area contributed by atoms with Gasteiger partial charge in [0.05, 0.1) is 25.4 Å². The molecule has 0 bridgehead atoms. The minimum absolute atomic E-state index is 0.0105. The first-order valence-corrected chi connectivity index (χ1v) is 37.1. The SMILES string of the molecule is CCCCCCCC/C=C\CCCCCCCCCC(=O)OCCCCCCCCCCCCCCCCCCCCCCCCC(=O)NC(CO)C(O)/C=C/CCCCCCCCCCCCCCCCCCCCCCCCC. The lowest BCUT2D eigenvalue weighted by Crippen LogP contribution is -2.45. The fourth-order valence-electron chi connectivity index (χ4n) is 11.8. The number of carbonyl (C=O) groups is 2. The summed E-state index contributed by atoms with van der Waals surface area (Å²) in [5.41, 5.74) is 0. The van der Waals surface area contributed by atoms with Gasteiger partial charge in [-0.15, -0.1) is 0 Å². The summed E-state index contributed by atoms with van der Waals surface area (Å²) >= 11 is 0. The van der Waals surface area contributed by atoms with Crippen LogP contribution in [0.15, 0.2) is 24.3 Å². The molecule has 2 unspecified atom stereocenters. The van der Waals surface area contributed by atoms with Gasteiger partial charge in [-0.1, -0.05) is 372 Å². The molecule has 0 rings (SSSR count). The predicted octanol–water partition coefficient (Wildman–Crippen LogP) is 24.1. The molecule has 480 valence electrons. The molecule has 0 saturated heterocycles. The van der Waals surface area contributed by atoms with Crippen molar-refractivity contribution in [1.29, 1.82) is 0 Å². The van der Waals surface area contributed by atoms with Gasteiger partial charge in [-0.05, 0) is 57.8 Å². The smallest absolute Gasteiger partial charge is 0.305 e. The number of unbranched alkanes of at least 4 members (excludes halogenated alkanes) is 57. The molecule has 81 heavy (non-hydrogen) atoms. The Kier molecular flexibility index (Phi) is 69.4. The van der Waals surface area contributed by atoms with E-state index in [-0.39, 0.29) is 18.5 Å². The van der Waals surface area contributed by atoms with Crippen molar-refractivity contribution in [3.8, 4) is 0 Å². The molecule has 0 radical (unpaired) electrons. The number of esters is 1. The van der Waals surface area contributed by atoms with Crippen molar-refractivity contribution in [1.82, 2.24) is 5.32 Å². The molecule has 0 aliphatic carbocycles. The first kappa shape index (κ1) is 79.3.